The van der Waals surface area contributed by atoms with Gasteiger partial charge in [0.2, 0.25) is 0 Å². The molecule has 1 aromatic carbocycles. The maximum Gasteiger partial charge on any atom is 0.191 e. The number of hydrogen-bond donors (Lipinski definition) is 2. The van der Waals surface area contributed by atoms with Crippen LogP contribution >= 0.6 is 24.0 Å². The van der Waals surface area contributed by atoms with Gasteiger partial charge in [-0.15, -0.1) is 24.0 Å². The number of aliphatic imine (C=N–C) groups is 1. The molecule has 0 aliphatic carbocycles. The highest BCUT2D eigenvalue weighted by atomic mass is 127. The van der Waals surface area contributed by atoms with Crippen LogP contribution < -0.4 is 25.0 Å². The van der Waals surface area contributed by atoms with Crippen molar-refractivity contribution in [1.82, 2.24) is 15.5 Å². The van der Waals surface area contributed by atoms with E-state index in [1.54, 1.807) is 14.2 Å². The second-order valence-electron chi connectivity index (χ2n) is 9.11. The van der Waals surface area contributed by atoms with Crippen LogP contribution in [0.15, 0.2) is 23.2 Å². The Hall–Kier alpha value is -1.42. The summed E-state index contributed by atoms with van der Waals surface area (Å²) in [6.07, 6.45) is 5.97. The smallest absolute Gasteiger partial charge is 0.191 e. The normalized spacial score (nSPS) is 18.5. The van der Waals surface area contributed by atoms with Gasteiger partial charge in [0.05, 0.1) is 14.2 Å². The number of anilines is 1. The van der Waals surface area contributed by atoms with Gasteiger partial charge in [-0.1, -0.05) is 6.92 Å². The number of piperidine rings is 2. The lowest BCUT2D eigenvalue weighted by atomic mass is 9.99. The van der Waals surface area contributed by atoms with Crippen LogP contribution in [0.5, 0.6) is 11.5 Å². The molecular weight excluding hydrogens is 529 g/mol. The van der Waals surface area contributed by atoms with Gasteiger partial charge in [-0.2, -0.15) is 0 Å². The fraction of sp³-hybridized carbons (Fsp3) is 0.720. The average Bonchev–Trinajstić information content (AvgIpc) is 2.83. The highest BCUT2D eigenvalue weighted by Gasteiger charge is 2.21. The topological polar surface area (TPSA) is 61.4 Å². The van der Waals surface area contributed by atoms with Crippen LogP contribution in [0.1, 0.15) is 46.0 Å². The number of methoxy groups -OCH3 is 2. The summed E-state index contributed by atoms with van der Waals surface area (Å²) in [6, 6.07) is 6.54. The number of nitrogens with zero attached hydrogens (tertiary/aromatic N) is 3. The quantitative estimate of drug-likeness (QED) is 0.202. The molecule has 0 aromatic heterocycles. The van der Waals surface area contributed by atoms with Crippen LogP contribution in [0.4, 0.5) is 5.69 Å². The van der Waals surface area contributed by atoms with Gasteiger partial charge in [-0.3, -0.25) is 4.99 Å². The summed E-state index contributed by atoms with van der Waals surface area (Å²) in [5.41, 5.74) is 1.16. The Labute approximate surface area is 217 Å². The SMILES string of the molecule is CCNC(=NCCCN1CCC(C)CC1)NC1CCN(c2cc(OC)cc(OC)c2)CC1.I. The fourth-order valence-electron chi connectivity index (χ4n) is 4.54. The summed E-state index contributed by atoms with van der Waals surface area (Å²) >= 11 is 0. The summed E-state index contributed by atoms with van der Waals surface area (Å²) in [4.78, 5) is 9.86. The maximum absolute atomic E-state index is 5.43. The Bertz CT molecular complexity index is 694. The third kappa shape index (κ3) is 9.03. The van der Waals surface area contributed by atoms with E-state index in [9.17, 15) is 0 Å². The fourth-order valence-corrected chi connectivity index (χ4v) is 4.54. The van der Waals surface area contributed by atoms with Gasteiger partial charge in [-0.25, -0.2) is 0 Å². The van der Waals surface area contributed by atoms with Gasteiger partial charge in [0.25, 0.3) is 0 Å². The van der Waals surface area contributed by atoms with Crippen LogP contribution in [-0.4, -0.2) is 76.9 Å². The lowest BCUT2D eigenvalue weighted by Gasteiger charge is -2.35. The van der Waals surface area contributed by atoms with E-state index in [2.05, 4.69) is 46.4 Å². The van der Waals surface area contributed by atoms with Crippen molar-refractivity contribution in [2.24, 2.45) is 10.9 Å². The molecule has 0 bridgehead atoms. The molecule has 7 nitrogen and oxygen atoms in total. The van der Waals surface area contributed by atoms with Crippen LogP contribution in [0.3, 0.4) is 0 Å². The number of halogens is 1. The molecule has 188 valence electrons. The van der Waals surface area contributed by atoms with E-state index in [0.717, 1.165) is 81.1 Å². The molecule has 0 radical (unpaired) electrons. The van der Waals surface area contributed by atoms with Gasteiger partial charge in [0.1, 0.15) is 11.5 Å². The molecule has 0 saturated carbocycles. The Morgan fingerprint density at radius 2 is 1.64 bits per heavy atom. The molecule has 2 aliphatic rings. The van der Waals surface area contributed by atoms with E-state index < -0.39 is 0 Å². The molecule has 2 heterocycles. The first-order chi connectivity index (χ1) is 15.6. The number of hydrogen-bond acceptors (Lipinski definition) is 5. The molecule has 0 amide bonds. The van der Waals surface area contributed by atoms with Gasteiger partial charge in [-0.05, 0) is 64.6 Å². The standard InChI is InChI=1S/C25H43N5O2.HI/c1-5-26-25(27-11-6-12-29-13-7-20(2)8-14-29)28-21-9-15-30(16-10-21)22-17-23(31-3)19-24(18-22)32-4;/h17-21H,5-16H2,1-4H3,(H2,26,27,28);1H. The molecule has 8 heteroatoms. The Balaban J connectivity index is 0.00000385. The lowest BCUT2D eigenvalue weighted by Crippen LogP contribution is -2.48. The van der Waals surface area contributed by atoms with E-state index in [1.165, 1.54) is 25.9 Å². The molecule has 2 aliphatic heterocycles. The number of guanidine groups is 1. The van der Waals surface area contributed by atoms with E-state index in [1.807, 2.05) is 6.07 Å². The number of rotatable bonds is 9. The van der Waals surface area contributed by atoms with E-state index in [4.69, 9.17) is 14.5 Å². The molecule has 0 atom stereocenters. The van der Waals surface area contributed by atoms with Gasteiger partial charge >= 0.3 is 0 Å². The van der Waals surface area contributed by atoms with Gasteiger partial charge in [0, 0.05) is 56.1 Å². The van der Waals surface area contributed by atoms with Crippen LogP contribution in [-0.2, 0) is 0 Å². The highest BCUT2D eigenvalue weighted by Crippen LogP contribution is 2.30. The maximum atomic E-state index is 5.43. The van der Waals surface area contributed by atoms with Crippen molar-refractivity contribution in [3.63, 3.8) is 0 Å². The zero-order valence-corrected chi connectivity index (χ0v) is 23.3. The minimum atomic E-state index is 0. The van der Waals surface area contributed by atoms with Crippen LogP contribution in [0.2, 0.25) is 0 Å². The van der Waals surface area contributed by atoms with E-state index >= 15 is 0 Å². The first-order valence-electron chi connectivity index (χ1n) is 12.4. The van der Waals surface area contributed by atoms with Crippen molar-refractivity contribution in [2.75, 3.05) is 64.9 Å². The average molecular weight is 574 g/mol. The van der Waals surface area contributed by atoms with Gasteiger partial charge in [0.15, 0.2) is 5.96 Å². The molecule has 2 saturated heterocycles. The van der Waals surface area contributed by atoms with Crippen molar-refractivity contribution in [3.05, 3.63) is 18.2 Å². The van der Waals surface area contributed by atoms with Crippen LogP contribution in [0.25, 0.3) is 0 Å². The minimum absolute atomic E-state index is 0. The number of nitrogens with one attached hydrogen (secondary N) is 2. The molecular formula is C25H44IN5O2. The predicted molar refractivity (Wildman–Crippen MR) is 149 cm³/mol. The molecule has 0 unspecified atom stereocenters. The molecule has 0 spiro atoms. The zero-order valence-electron chi connectivity index (χ0n) is 20.9. The summed E-state index contributed by atoms with van der Waals surface area (Å²) in [5, 5.41) is 7.09. The first kappa shape index (κ1) is 27.8. The van der Waals surface area contributed by atoms with Crippen molar-refractivity contribution in [1.29, 1.82) is 0 Å². The summed E-state index contributed by atoms with van der Waals surface area (Å²) in [6.45, 7) is 11.9. The number of benzene rings is 1. The molecule has 3 rings (SSSR count). The summed E-state index contributed by atoms with van der Waals surface area (Å²) in [7, 11) is 3.40. The number of likely N-dealkylation sites (tertiary alicyclic amines) is 1. The molecule has 33 heavy (non-hydrogen) atoms. The van der Waals surface area contributed by atoms with Gasteiger partial charge < -0.3 is 29.9 Å². The Morgan fingerprint density at radius 1 is 1.00 bits per heavy atom. The highest BCUT2D eigenvalue weighted by molar-refractivity contribution is 14.0. The molecule has 2 N–H and O–H groups in total. The van der Waals surface area contributed by atoms with Crippen LogP contribution in [0, 0.1) is 5.92 Å². The third-order valence-electron chi connectivity index (χ3n) is 6.66. The van der Waals surface area contributed by atoms with Crippen molar-refractivity contribution in [3.8, 4) is 11.5 Å². The lowest BCUT2D eigenvalue weighted by molar-refractivity contribution is 0.191. The predicted octanol–water partition coefficient (Wildman–Crippen LogP) is 3.97. The Kier molecular flexibility index (Phi) is 12.4. The summed E-state index contributed by atoms with van der Waals surface area (Å²) < 4.78 is 10.9. The number of ether oxygens (including phenoxy) is 2. The zero-order chi connectivity index (χ0) is 22.8. The second-order valence-corrected chi connectivity index (χ2v) is 9.11. The van der Waals surface area contributed by atoms with E-state index in [0.29, 0.717) is 6.04 Å². The van der Waals surface area contributed by atoms with Crippen molar-refractivity contribution < 1.29 is 9.47 Å². The van der Waals surface area contributed by atoms with Crippen molar-refractivity contribution >= 4 is 35.6 Å². The van der Waals surface area contributed by atoms with E-state index in [-0.39, 0.29) is 24.0 Å². The Morgan fingerprint density at radius 3 is 2.21 bits per heavy atom. The molecule has 1 aromatic rings. The largest absolute Gasteiger partial charge is 0.497 e. The van der Waals surface area contributed by atoms with Crippen molar-refractivity contribution in [2.45, 2.75) is 52.0 Å². The first-order valence-corrected chi connectivity index (χ1v) is 12.4. The molecule has 2 fully saturated rings. The third-order valence-corrected chi connectivity index (χ3v) is 6.66. The monoisotopic (exact) mass is 573 g/mol. The second kappa shape index (κ2) is 14.8. The summed E-state index contributed by atoms with van der Waals surface area (Å²) in [5.74, 6) is 3.52. The minimum Gasteiger partial charge on any atom is -0.497 e.